The van der Waals surface area contributed by atoms with Crippen LogP contribution in [0, 0.1) is 10.5 Å². The van der Waals surface area contributed by atoms with Crippen molar-refractivity contribution in [1.82, 2.24) is 14.7 Å². The van der Waals surface area contributed by atoms with E-state index in [9.17, 15) is 0 Å². The molecule has 16 heavy (non-hydrogen) atoms. The summed E-state index contributed by atoms with van der Waals surface area (Å²) in [7, 11) is 0. The Kier molecular flexibility index (Phi) is 3.73. The Balaban J connectivity index is 2.11. The van der Waals surface area contributed by atoms with Crippen molar-refractivity contribution in [3.05, 3.63) is 9.26 Å². The zero-order chi connectivity index (χ0) is 11.7. The summed E-state index contributed by atoms with van der Waals surface area (Å²) in [4.78, 5) is 2.48. The van der Waals surface area contributed by atoms with Crippen molar-refractivity contribution in [2.75, 3.05) is 25.4 Å². The lowest BCUT2D eigenvalue weighted by Crippen LogP contribution is -2.35. The highest BCUT2D eigenvalue weighted by Gasteiger charge is 2.23. The average Bonchev–Trinajstić information content (AvgIpc) is 2.57. The van der Waals surface area contributed by atoms with Crippen molar-refractivity contribution in [3.63, 3.8) is 0 Å². The number of nitrogens with two attached hydrogens (primary N) is 1. The zero-order valence-electron chi connectivity index (χ0n) is 9.91. The molecule has 0 spiro atoms. The van der Waals surface area contributed by atoms with Crippen LogP contribution < -0.4 is 5.73 Å². The summed E-state index contributed by atoms with van der Waals surface area (Å²) in [5.74, 6) is 0.841. The molecular formula is C11H19IN4. The molecule has 0 amide bonds. The Bertz CT molecular complexity index is 366. The molecule has 0 saturated carbocycles. The Morgan fingerprint density at radius 3 is 2.50 bits per heavy atom. The largest absolute Gasteiger partial charge is 0.383 e. The zero-order valence-corrected chi connectivity index (χ0v) is 12.1. The molecule has 2 heterocycles. The minimum Gasteiger partial charge on any atom is -0.383 e. The van der Waals surface area contributed by atoms with E-state index in [2.05, 4.69) is 39.5 Å². The molecule has 1 saturated heterocycles. The van der Waals surface area contributed by atoms with Crippen molar-refractivity contribution < 1.29 is 0 Å². The van der Waals surface area contributed by atoms with Crippen LogP contribution in [0.25, 0.3) is 0 Å². The first-order chi connectivity index (χ1) is 7.63. The molecule has 0 aliphatic carbocycles. The molecule has 5 heteroatoms. The normalized spacial score (nSPS) is 19.2. The van der Waals surface area contributed by atoms with Gasteiger partial charge in [-0.2, -0.15) is 5.10 Å². The van der Waals surface area contributed by atoms with E-state index in [-0.39, 0.29) is 0 Å². The minimum atomic E-state index is 0.491. The van der Waals surface area contributed by atoms with Gasteiger partial charge in [-0.3, -0.25) is 0 Å². The standard InChI is InChI=1S/C11H19IN4/c1-3-15-6-4-9(5-7-15)16-11(13)10(12)8(2)14-16/h9H,3-7,13H2,1-2H3. The van der Waals surface area contributed by atoms with Crippen molar-refractivity contribution in [3.8, 4) is 0 Å². The monoisotopic (exact) mass is 334 g/mol. The van der Waals surface area contributed by atoms with Crippen LogP contribution in [0.2, 0.25) is 0 Å². The molecule has 2 N–H and O–H groups in total. The minimum absolute atomic E-state index is 0.491. The molecular weight excluding hydrogens is 315 g/mol. The number of hydrogen-bond donors (Lipinski definition) is 1. The van der Waals surface area contributed by atoms with E-state index >= 15 is 0 Å². The highest BCUT2D eigenvalue weighted by Crippen LogP contribution is 2.28. The number of aromatic nitrogens is 2. The molecule has 1 aliphatic rings. The lowest BCUT2D eigenvalue weighted by molar-refractivity contribution is 0.188. The molecule has 90 valence electrons. The summed E-state index contributed by atoms with van der Waals surface area (Å²) >= 11 is 2.28. The Labute approximate surface area is 110 Å². The Hall–Kier alpha value is -0.300. The highest BCUT2D eigenvalue weighted by molar-refractivity contribution is 14.1. The first kappa shape index (κ1) is 12.2. The number of piperidine rings is 1. The van der Waals surface area contributed by atoms with Gasteiger partial charge in [0.15, 0.2) is 0 Å². The number of rotatable bonds is 2. The third-order valence-corrected chi connectivity index (χ3v) is 4.73. The maximum atomic E-state index is 6.08. The van der Waals surface area contributed by atoms with Gasteiger partial charge in [0.05, 0.1) is 15.3 Å². The van der Waals surface area contributed by atoms with Crippen LogP contribution in [0.1, 0.15) is 31.5 Å². The number of aryl methyl sites for hydroxylation is 1. The fraction of sp³-hybridized carbons (Fsp3) is 0.727. The summed E-state index contributed by atoms with van der Waals surface area (Å²) in [6.07, 6.45) is 2.32. The molecule has 2 rings (SSSR count). The van der Waals surface area contributed by atoms with E-state index in [1.54, 1.807) is 0 Å². The second-order valence-electron chi connectivity index (χ2n) is 4.39. The van der Waals surface area contributed by atoms with Gasteiger partial charge < -0.3 is 10.6 Å². The predicted molar refractivity (Wildman–Crippen MR) is 74.5 cm³/mol. The number of nitrogen functional groups attached to an aromatic ring is 1. The van der Waals surface area contributed by atoms with Gasteiger partial charge in [-0.25, -0.2) is 4.68 Å². The highest BCUT2D eigenvalue weighted by atomic mass is 127. The topological polar surface area (TPSA) is 47.1 Å². The smallest absolute Gasteiger partial charge is 0.135 e. The molecule has 0 bridgehead atoms. The van der Waals surface area contributed by atoms with Crippen molar-refractivity contribution in [2.24, 2.45) is 0 Å². The lowest BCUT2D eigenvalue weighted by atomic mass is 10.1. The first-order valence-corrected chi connectivity index (χ1v) is 6.93. The lowest BCUT2D eigenvalue weighted by Gasteiger charge is -2.31. The summed E-state index contributed by atoms with van der Waals surface area (Å²) in [5.41, 5.74) is 7.13. The van der Waals surface area contributed by atoms with Crippen molar-refractivity contribution >= 4 is 28.4 Å². The maximum Gasteiger partial charge on any atom is 0.135 e. The van der Waals surface area contributed by atoms with E-state index in [0.717, 1.165) is 47.6 Å². The maximum absolute atomic E-state index is 6.08. The Morgan fingerprint density at radius 2 is 2.06 bits per heavy atom. The number of likely N-dealkylation sites (tertiary alicyclic amines) is 1. The van der Waals surface area contributed by atoms with Crippen LogP contribution in [0.5, 0.6) is 0 Å². The Morgan fingerprint density at radius 1 is 1.44 bits per heavy atom. The summed E-state index contributed by atoms with van der Waals surface area (Å²) in [5, 5.41) is 4.55. The molecule has 0 atom stereocenters. The molecule has 0 aromatic carbocycles. The van der Waals surface area contributed by atoms with E-state index in [0.29, 0.717) is 6.04 Å². The third kappa shape index (κ3) is 2.20. The predicted octanol–water partition coefficient (Wildman–Crippen LogP) is 2.04. The molecule has 4 nitrogen and oxygen atoms in total. The molecule has 1 fully saturated rings. The third-order valence-electron chi connectivity index (χ3n) is 3.40. The number of nitrogens with zero attached hydrogens (tertiary/aromatic N) is 3. The molecule has 1 aromatic heterocycles. The van der Waals surface area contributed by atoms with Gasteiger partial charge in [-0.15, -0.1) is 0 Å². The van der Waals surface area contributed by atoms with Gasteiger partial charge in [0.1, 0.15) is 5.82 Å². The van der Waals surface area contributed by atoms with Crippen LogP contribution in [-0.2, 0) is 0 Å². The van der Waals surface area contributed by atoms with Gasteiger partial charge in [0.25, 0.3) is 0 Å². The van der Waals surface area contributed by atoms with E-state index in [1.807, 2.05) is 11.6 Å². The summed E-state index contributed by atoms with van der Waals surface area (Å²) in [6, 6.07) is 0.491. The van der Waals surface area contributed by atoms with Crippen LogP contribution >= 0.6 is 22.6 Å². The van der Waals surface area contributed by atoms with Gasteiger partial charge in [-0.1, -0.05) is 6.92 Å². The van der Waals surface area contributed by atoms with Crippen molar-refractivity contribution in [1.29, 1.82) is 0 Å². The first-order valence-electron chi connectivity index (χ1n) is 5.86. The second-order valence-corrected chi connectivity index (χ2v) is 5.47. The SMILES string of the molecule is CCN1CCC(n2nc(C)c(I)c2N)CC1. The van der Waals surface area contributed by atoms with Crippen LogP contribution in [0.15, 0.2) is 0 Å². The van der Waals surface area contributed by atoms with E-state index < -0.39 is 0 Å². The fourth-order valence-corrected chi connectivity index (χ4v) is 2.66. The van der Waals surface area contributed by atoms with Crippen LogP contribution in [0.3, 0.4) is 0 Å². The van der Waals surface area contributed by atoms with Crippen LogP contribution in [-0.4, -0.2) is 34.3 Å². The van der Waals surface area contributed by atoms with Gasteiger partial charge >= 0.3 is 0 Å². The number of halogens is 1. The van der Waals surface area contributed by atoms with E-state index in [1.165, 1.54) is 0 Å². The second kappa shape index (κ2) is 4.91. The molecule has 0 radical (unpaired) electrons. The number of anilines is 1. The van der Waals surface area contributed by atoms with Gasteiger partial charge in [0.2, 0.25) is 0 Å². The molecule has 1 aromatic rings. The van der Waals surface area contributed by atoms with Crippen LogP contribution in [0.4, 0.5) is 5.82 Å². The van der Waals surface area contributed by atoms with E-state index in [4.69, 9.17) is 5.73 Å². The summed E-state index contributed by atoms with van der Waals surface area (Å²) in [6.45, 7) is 7.72. The molecule has 1 aliphatic heterocycles. The summed E-state index contributed by atoms with van der Waals surface area (Å²) < 4.78 is 3.14. The molecule has 0 unspecified atom stereocenters. The number of hydrogen-bond acceptors (Lipinski definition) is 3. The fourth-order valence-electron chi connectivity index (χ4n) is 2.30. The van der Waals surface area contributed by atoms with Gasteiger partial charge in [-0.05, 0) is 48.9 Å². The average molecular weight is 334 g/mol. The van der Waals surface area contributed by atoms with Crippen molar-refractivity contribution in [2.45, 2.75) is 32.7 Å². The van der Waals surface area contributed by atoms with Gasteiger partial charge in [0, 0.05) is 13.1 Å². The quantitative estimate of drug-likeness (QED) is 0.842.